The average molecular weight is 513 g/mol. The van der Waals surface area contributed by atoms with Crippen LogP contribution in [0.3, 0.4) is 0 Å². The summed E-state index contributed by atoms with van der Waals surface area (Å²) in [6, 6.07) is 27.2. The number of hydrogen-bond acceptors (Lipinski definition) is 5. The van der Waals surface area contributed by atoms with Gasteiger partial charge in [-0.15, -0.1) is 0 Å². The van der Waals surface area contributed by atoms with Crippen molar-refractivity contribution in [2.24, 2.45) is 0 Å². The van der Waals surface area contributed by atoms with Gasteiger partial charge in [0.2, 0.25) is 5.78 Å². The van der Waals surface area contributed by atoms with Crippen LogP contribution >= 0.6 is 0 Å². The second-order valence-corrected chi connectivity index (χ2v) is 11.1. The largest absolute Gasteiger partial charge is 0.445 e. The first-order valence-electron chi connectivity index (χ1n) is 11.9. The molecule has 0 saturated heterocycles. The topological polar surface area (TPSA) is 77.5 Å². The summed E-state index contributed by atoms with van der Waals surface area (Å²) in [6.45, 7) is 5.79. The second kappa shape index (κ2) is 10.9. The van der Waals surface area contributed by atoms with Gasteiger partial charge in [-0.3, -0.25) is 4.79 Å². The molecular weight excluding hydrogens is 484 g/mol. The zero-order chi connectivity index (χ0) is 26.6. The molecule has 4 aromatic rings. The van der Waals surface area contributed by atoms with Gasteiger partial charge >= 0.3 is 5.97 Å². The maximum Gasteiger partial charge on any atom is 0.339 e. The highest BCUT2D eigenvalue weighted by molar-refractivity contribution is 7.90. The van der Waals surface area contributed by atoms with E-state index >= 15 is 0 Å². The van der Waals surface area contributed by atoms with E-state index in [0.29, 0.717) is 16.7 Å². The molecule has 4 rings (SSSR count). The first-order chi connectivity index (χ1) is 17.6. The summed E-state index contributed by atoms with van der Waals surface area (Å²) in [6.07, 6.45) is -1.11. The Hall–Kier alpha value is -4.03. The Bertz CT molecular complexity index is 1520. The molecule has 0 bridgehead atoms. The third-order valence-corrected chi connectivity index (χ3v) is 7.99. The number of ether oxygens (including phenoxy) is 1. The number of rotatable bonds is 8. The van der Waals surface area contributed by atoms with Crippen molar-refractivity contribution in [2.45, 2.75) is 37.5 Å². The van der Waals surface area contributed by atoms with Crippen LogP contribution < -0.4 is 0 Å². The van der Waals surface area contributed by atoms with E-state index in [0.717, 1.165) is 16.7 Å². The summed E-state index contributed by atoms with van der Waals surface area (Å²) >= 11 is 0. The normalized spacial score (nSPS) is 12.1. The number of carbonyl (C=O) groups is 2. The van der Waals surface area contributed by atoms with Crippen LogP contribution in [0.4, 0.5) is 0 Å². The fourth-order valence-corrected chi connectivity index (χ4v) is 5.26. The number of benzene rings is 4. The van der Waals surface area contributed by atoms with Crippen molar-refractivity contribution in [1.29, 1.82) is 0 Å². The number of ketones is 1. The average Bonchev–Trinajstić information content (AvgIpc) is 2.89. The Morgan fingerprint density at radius 1 is 0.730 bits per heavy atom. The van der Waals surface area contributed by atoms with Gasteiger partial charge in [0.1, 0.15) is 0 Å². The first kappa shape index (κ1) is 26.0. The highest BCUT2D eigenvalue weighted by atomic mass is 32.2. The van der Waals surface area contributed by atoms with E-state index < -0.39 is 21.9 Å². The Labute approximate surface area is 217 Å². The van der Waals surface area contributed by atoms with E-state index in [2.05, 4.69) is 0 Å². The van der Waals surface area contributed by atoms with Crippen LogP contribution in [0.15, 0.2) is 102 Å². The van der Waals surface area contributed by atoms with E-state index in [-0.39, 0.29) is 22.0 Å². The number of aryl methyl sites for hydroxylation is 3. The zero-order valence-corrected chi connectivity index (χ0v) is 21.8. The van der Waals surface area contributed by atoms with Gasteiger partial charge in [-0.25, -0.2) is 13.2 Å². The number of esters is 1. The Balaban J connectivity index is 1.54. The molecule has 0 fully saturated rings. The highest BCUT2D eigenvalue weighted by Gasteiger charge is 2.27. The van der Waals surface area contributed by atoms with Gasteiger partial charge in [-0.1, -0.05) is 72.3 Å². The molecule has 0 amide bonds. The van der Waals surface area contributed by atoms with E-state index in [1.165, 1.54) is 12.1 Å². The second-order valence-electron chi connectivity index (χ2n) is 9.13. The minimum atomic E-state index is -3.53. The van der Waals surface area contributed by atoms with Crippen LogP contribution in [0.5, 0.6) is 0 Å². The molecule has 0 saturated carbocycles. The van der Waals surface area contributed by atoms with Gasteiger partial charge in [0, 0.05) is 11.1 Å². The lowest BCUT2D eigenvalue weighted by atomic mass is 9.97. The summed E-state index contributed by atoms with van der Waals surface area (Å²) < 4.78 is 31.2. The van der Waals surface area contributed by atoms with Crippen LogP contribution in [-0.2, 0) is 20.3 Å². The Morgan fingerprint density at radius 3 is 1.97 bits per heavy atom. The summed E-state index contributed by atoms with van der Waals surface area (Å²) in [5.41, 5.74) is 4.82. The van der Waals surface area contributed by atoms with Crippen LogP contribution in [0.1, 0.15) is 54.6 Å². The molecule has 0 N–H and O–H groups in total. The fraction of sp³-hybridized carbons (Fsp3) is 0.161. The minimum absolute atomic E-state index is 0.191. The summed E-state index contributed by atoms with van der Waals surface area (Å²) in [4.78, 5) is 26.7. The zero-order valence-electron chi connectivity index (χ0n) is 21.0. The quantitative estimate of drug-likeness (QED) is 0.203. The highest BCUT2D eigenvalue weighted by Crippen LogP contribution is 2.26. The molecule has 0 spiro atoms. The third-order valence-electron chi connectivity index (χ3n) is 6.28. The molecule has 5 nitrogen and oxygen atoms in total. The predicted molar refractivity (Wildman–Crippen MR) is 143 cm³/mol. The van der Waals surface area contributed by atoms with E-state index in [1.807, 2.05) is 32.9 Å². The molecule has 37 heavy (non-hydrogen) atoms. The SMILES string of the molecule is Cc1ccc(S(=O)(=O)Cc2ccc(C(=O)O[C@@H](C(=O)c3ccc(C)c(C)c3)c3ccccc3)cc2)cc1. The first-order valence-corrected chi connectivity index (χ1v) is 13.5. The maximum atomic E-state index is 13.4. The molecule has 0 unspecified atom stereocenters. The van der Waals surface area contributed by atoms with Crippen molar-refractivity contribution >= 4 is 21.6 Å². The number of hydrogen-bond donors (Lipinski definition) is 0. The van der Waals surface area contributed by atoms with Gasteiger partial charge in [0.15, 0.2) is 15.9 Å². The van der Waals surface area contributed by atoms with Crippen molar-refractivity contribution in [3.63, 3.8) is 0 Å². The molecule has 0 aromatic heterocycles. The molecule has 0 radical (unpaired) electrons. The number of carbonyl (C=O) groups excluding carboxylic acids is 2. The van der Waals surface area contributed by atoms with Crippen molar-refractivity contribution in [1.82, 2.24) is 0 Å². The Kier molecular flexibility index (Phi) is 7.69. The third kappa shape index (κ3) is 6.22. The van der Waals surface area contributed by atoms with Gasteiger partial charge in [0.05, 0.1) is 16.2 Å². The lowest BCUT2D eigenvalue weighted by Crippen LogP contribution is -2.20. The van der Waals surface area contributed by atoms with Gasteiger partial charge in [0.25, 0.3) is 0 Å². The lowest BCUT2D eigenvalue weighted by molar-refractivity contribution is 0.0280. The molecule has 6 heteroatoms. The molecule has 188 valence electrons. The smallest absolute Gasteiger partial charge is 0.339 e. The molecule has 0 aliphatic carbocycles. The van der Waals surface area contributed by atoms with Gasteiger partial charge in [-0.05, 0) is 67.8 Å². The summed E-state index contributed by atoms with van der Waals surface area (Å²) in [7, 11) is -3.53. The van der Waals surface area contributed by atoms with Crippen molar-refractivity contribution in [3.8, 4) is 0 Å². The lowest BCUT2D eigenvalue weighted by Gasteiger charge is -2.18. The number of sulfone groups is 1. The van der Waals surface area contributed by atoms with E-state index in [9.17, 15) is 18.0 Å². The van der Waals surface area contributed by atoms with Gasteiger partial charge < -0.3 is 4.74 Å². The summed E-state index contributed by atoms with van der Waals surface area (Å²) in [5.74, 6) is -1.18. The van der Waals surface area contributed by atoms with Gasteiger partial charge in [-0.2, -0.15) is 0 Å². The van der Waals surface area contributed by atoms with Crippen molar-refractivity contribution in [3.05, 3.63) is 136 Å². The number of Topliss-reactive ketones (excluding diaryl/α,β-unsaturated/α-hetero) is 1. The van der Waals surface area contributed by atoms with E-state index in [4.69, 9.17) is 4.74 Å². The maximum absolute atomic E-state index is 13.4. The van der Waals surface area contributed by atoms with E-state index in [1.54, 1.807) is 72.8 Å². The molecule has 0 aliphatic heterocycles. The predicted octanol–water partition coefficient (Wildman–Crippen LogP) is 6.37. The summed E-state index contributed by atoms with van der Waals surface area (Å²) in [5, 5.41) is 0. The van der Waals surface area contributed by atoms with Crippen molar-refractivity contribution < 1.29 is 22.7 Å². The molecule has 0 heterocycles. The van der Waals surface area contributed by atoms with Crippen LogP contribution in [0.25, 0.3) is 0 Å². The Morgan fingerprint density at radius 2 is 1.35 bits per heavy atom. The van der Waals surface area contributed by atoms with Crippen LogP contribution in [-0.4, -0.2) is 20.2 Å². The van der Waals surface area contributed by atoms with Crippen molar-refractivity contribution in [2.75, 3.05) is 0 Å². The molecular formula is C31H28O5S. The molecule has 1 atom stereocenters. The molecule has 0 aliphatic rings. The molecule has 4 aromatic carbocycles. The van der Waals surface area contributed by atoms with Crippen LogP contribution in [0.2, 0.25) is 0 Å². The fourth-order valence-electron chi connectivity index (χ4n) is 3.91. The minimum Gasteiger partial charge on any atom is -0.445 e. The monoisotopic (exact) mass is 512 g/mol. The standard InChI is InChI=1S/C31H28O5S/c1-21-9-17-28(18-10-21)37(34,35)20-24-12-15-26(16-13-24)31(33)36-30(25-7-5-4-6-8-25)29(32)27-14-11-22(2)23(3)19-27/h4-19,30H,20H2,1-3H3/t30-/m1/s1. The van der Waals surface area contributed by atoms with Crippen LogP contribution in [0, 0.1) is 20.8 Å².